The maximum absolute atomic E-state index is 10.1. The molecule has 2 fully saturated rings. The molecule has 1 aromatic rings. The number of phenolic OH excluding ortho intramolecular Hbond substituents is 1. The standard InChI is InChI=1S/C20H30O13/c21-6-11-13(24)15(26)17(28)19(32-11)30-4-3-8-1-2-9(23)10(5-8)31-20-18(29)16(27)14(25)12(7-22)33-20/h1-2,5,11-29H,3-4,6-7H2/t11-,12-,13-,14-,15+,16+,17-,18-,19-,20-/m1/s1. The molecule has 1 aromatic carbocycles. The van der Waals surface area contributed by atoms with Crippen LogP contribution in [-0.4, -0.2) is 127 Å². The molecule has 0 unspecified atom stereocenters. The van der Waals surface area contributed by atoms with E-state index in [-0.39, 0.29) is 24.5 Å². The quantitative estimate of drug-likeness (QED) is 0.174. The van der Waals surface area contributed by atoms with E-state index in [1.807, 2.05) is 0 Å². The molecule has 2 heterocycles. The molecule has 13 heteroatoms. The summed E-state index contributed by atoms with van der Waals surface area (Å²) in [7, 11) is 0. The van der Waals surface area contributed by atoms with Crippen LogP contribution in [0.2, 0.25) is 0 Å². The number of aliphatic hydroxyl groups excluding tert-OH is 8. The summed E-state index contributed by atoms with van der Waals surface area (Å²) in [5.41, 5.74) is 0.581. The van der Waals surface area contributed by atoms with Gasteiger partial charge in [-0.3, -0.25) is 0 Å². The van der Waals surface area contributed by atoms with Crippen molar-refractivity contribution >= 4 is 0 Å². The zero-order valence-electron chi connectivity index (χ0n) is 17.5. The predicted molar refractivity (Wildman–Crippen MR) is 106 cm³/mol. The van der Waals surface area contributed by atoms with E-state index in [2.05, 4.69) is 0 Å². The van der Waals surface area contributed by atoms with Crippen LogP contribution in [0.15, 0.2) is 18.2 Å². The van der Waals surface area contributed by atoms with Crippen LogP contribution in [0.4, 0.5) is 0 Å². The Balaban J connectivity index is 1.60. The van der Waals surface area contributed by atoms with E-state index in [1.165, 1.54) is 12.1 Å². The van der Waals surface area contributed by atoms with Gasteiger partial charge in [0.25, 0.3) is 0 Å². The second-order valence-electron chi connectivity index (χ2n) is 7.94. The fourth-order valence-corrected chi connectivity index (χ4v) is 3.60. The Bertz CT molecular complexity index is 759. The number of benzene rings is 1. The highest BCUT2D eigenvalue weighted by atomic mass is 16.7. The first kappa shape index (κ1) is 26.0. The Labute approximate surface area is 188 Å². The van der Waals surface area contributed by atoms with Gasteiger partial charge in [0.1, 0.15) is 48.8 Å². The normalized spacial score (nSPS) is 39.4. The highest BCUT2D eigenvalue weighted by molar-refractivity contribution is 5.42. The fraction of sp³-hybridized carbons (Fsp3) is 0.700. The lowest BCUT2D eigenvalue weighted by Gasteiger charge is -2.39. The van der Waals surface area contributed by atoms with E-state index in [4.69, 9.17) is 18.9 Å². The molecule has 188 valence electrons. The monoisotopic (exact) mass is 478 g/mol. The first-order valence-corrected chi connectivity index (χ1v) is 10.4. The molecule has 2 saturated heterocycles. The van der Waals surface area contributed by atoms with Gasteiger partial charge >= 0.3 is 0 Å². The Morgan fingerprint density at radius 1 is 0.727 bits per heavy atom. The summed E-state index contributed by atoms with van der Waals surface area (Å²) in [4.78, 5) is 0. The fourth-order valence-electron chi connectivity index (χ4n) is 3.60. The minimum Gasteiger partial charge on any atom is -0.504 e. The van der Waals surface area contributed by atoms with Gasteiger partial charge in [0.15, 0.2) is 17.8 Å². The van der Waals surface area contributed by atoms with Crippen molar-refractivity contribution in [2.45, 2.75) is 67.8 Å². The molecule has 13 nitrogen and oxygen atoms in total. The second kappa shape index (κ2) is 11.2. The maximum atomic E-state index is 10.1. The van der Waals surface area contributed by atoms with Crippen molar-refractivity contribution < 1.29 is 64.9 Å². The van der Waals surface area contributed by atoms with Crippen molar-refractivity contribution in [2.24, 2.45) is 0 Å². The number of aromatic hydroxyl groups is 1. The van der Waals surface area contributed by atoms with Gasteiger partial charge in [0.05, 0.1) is 19.8 Å². The third-order valence-electron chi connectivity index (χ3n) is 5.64. The zero-order valence-corrected chi connectivity index (χ0v) is 17.5. The number of hydrogen-bond donors (Lipinski definition) is 9. The Hall–Kier alpha value is -1.62. The lowest BCUT2D eigenvalue weighted by Crippen LogP contribution is -2.60. The molecule has 0 bridgehead atoms. The van der Waals surface area contributed by atoms with E-state index in [9.17, 15) is 46.0 Å². The Kier molecular flexibility index (Phi) is 8.82. The lowest BCUT2D eigenvalue weighted by molar-refractivity contribution is -0.300. The third-order valence-corrected chi connectivity index (χ3v) is 5.64. The van der Waals surface area contributed by atoms with Crippen LogP contribution < -0.4 is 4.74 Å². The summed E-state index contributed by atoms with van der Waals surface area (Å²) in [5.74, 6) is -0.407. The van der Waals surface area contributed by atoms with Gasteiger partial charge in [-0.25, -0.2) is 0 Å². The average Bonchev–Trinajstić information content (AvgIpc) is 2.81. The molecule has 0 radical (unpaired) electrons. The minimum absolute atomic E-state index is 0.0209. The molecule has 3 rings (SSSR count). The van der Waals surface area contributed by atoms with Crippen molar-refractivity contribution in [1.29, 1.82) is 0 Å². The number of aliphatic hydroxyl groups is 8. The lowest BCUT2D eigenvalue weighted by atomic mass is 9.99. The van der Waals surface area contributed by atoms with Crippen molar-refractivity contribution in [3.63, 3.8) is 0 Å². The highest BCUT2D eigenvalue weighted by Gasteiger charge is 2.45. The largest absolute Gasteiger partial charge is 0.504 e. The molecular weight excluding hydrogens is 448 g/mol. The van der Waals surface area contributed by atoms with Crippen LogP contribution in [0.5, 0.6) is 11.5 Å². The van der Waals surface area contributed by atoms with E-state index in [0.717, 1.165) is 0 Å². The van der Waals surface area contributed by atoms with Gasteiger partial charge in [0.2, 0.25) is 6.29 Å². The van der Waals surface area contributed by atoms with Crippen LogP contribution in [-0.2, 0) is 20.6 Å². The SMILES string of the molecule is OC[C@H]1O[C@@H](OCCc2ccc(O)c(O[C@@H]3O[C@H](CO)[C@@H](O)[C@H](O)[C@H]3O)c2)[C@H](O)[C@@H](O)[C@@H]1O. The summed E-state index contributed by atoms with van der Waals surface area (Å²) in [6.45, 7) is -1.24. The van der Waals surface area contributed by atoms with E-state index in [0.29, 0.717) is 5.56 Å². The maximum Gasteiger partial charge on any atom is 0.229 e. The van der Waals surface area contributed by atoms with E-state index >= 15 is 0 Å². The molecular formula is C20H30O13. The van der Waals surface area contributed by atoms with Crippen LogP contribution in [0.25, 0.3) is 0 Å². The van der Waals surface area contributed by atoms with Gasteiger partial charge in [-0.2, -0.15) is 0 Å². The van der Waals surface area contributed by atoms with Crippen molar-refractivity contribution in [2.75, 3.05) is 19.8 Å². The molecule has 0 spiro atoms. The molecule has 0 aromatic heterocycles. The highest BCUT2D eigenvalue weighted by Crippen LogP contribution is 2.31. The van der Waals surface area contributed by atoms with E-state index < -0.39 is 74.6 Å². The number of phenols is 1. The van der Waals surface area contributed by atoms with Crippen molar-refractivity contribution in [1.82, 2.24) is 0 Å². The smallest absolute Gasteiger partial charge is 0.229 e. The molecule has 2 aliphatic rings. The van der Waals surface area contributed by atoms with Gasteiger partial charge in [-0.05, 0) is 24.1 Å². The van der Waals surface area contributed by atoms with Gasteiger partial charge in [0, 0.05) is 0 Å². The van der Waals surface area contributed by atoms with Crippen molar-refractivity contribution in [3.05, 3.63) is 23.8 Å². The summed E-state index contributed by atoms with van der Waals surface area (Å²) in [6, 6.07) is 4.27. The number of rotatable bonds is 8. The minimum atomic E-state index is -1.65. The molecule has 9 N–H and O–H groups in total. The number of hydrogen-bond acceptors (Lipinski definition) is 13. The molecule has 0 amide bonds. The van der Waals surface area contributed by atoms with Crippen LogP contribution in [0.1, 0.15) is 5.56 Å². The van der Waals surface area contributed by atoms with Gasteiger partial charge in [-0.15, -0.1) is 0 Å². The first-order valence-electron chi connectivity index (χ1n) is 10.4. The molecule has 0 saturated carbocycles. The predicted octanol–water partition coefficient (Wildman–Crippen LogP) is -4.07. The average molecular weight is 478 g/mol. The zero-order chi connectivity index (χ0) is 24.3. The van der Waals surface area contributed by atoms with Gasteiger partial charge < -0.3 is 64.9 Å². The molecule has 33 heavy (non-hydrogen) atoms. The molecule has 0 aliphatic carbocycles. The molecule has 2 aliphatic heterocycles. The molecule has 10 atom stereocenters. The first-order chi connectivity index (χ1) is 15.7. The van der Waals surface area contributed by atoms with Crippen LogP contribution in [0.3, 0.4) is 0 Å². The summed E-state index contributed by atoms with van der Waals surface area (Å²) < 4.78 is 21.4. The topological polar surface area (TPSA) is 219 Å². The second-order valence-corrected chi connectivity index (χ2v) is 7.94. The van der Waals surface area contributed by atoms with Crippen molar-refractivity contribution in [3.8, 4) is 11.5 Å². The summed E-state index contributed by atoms with van der Waals surface area (Å²) >= 11 is 0. The van der Waals surface area contributed by atoms with Crippen LogP contribution >= 0.6 is 0 Å². The van der Waals surface area contributed by atoms with Crippen LogP contribution in [0, 0.1) is 0 Å². The van der Waals surface area contributed by atoms with E-state index in [1.54, 1.807) is 6.07 Å². The number of ether oxygens (including phenoxy) is 4. The summed E-state index contributed by atoms with van der Waals surface area (Å²) in [5, 5.41) is 88.0. The third kappa shape index (κ3) is 5.72. The summed E-state index contributed by atoms with van der Waals surface area (Å²) in [6.07, 6.45) is -14.3. The Morgan fingerprint density at radius 2 is 1.27 bits per heavy atom. The van der Waals surface area contributed by atoms with Gasteiger partial charge in [-0.1, -0.05) is 6.07 Å². The Morgan fingerprint density at radius 3 is 1.85 bits per heavy atom.